The molecule has 61 heavy (non-hydrogen) atoms. The molecule has 3 heterocycles. The van der Waals surface area contributed by atoms with E-state index < -0.39 is 0 Å². The molecule has 5 nitrogen and oxygen atoms in total. The van der Waals surface area contributed by atoms with Crippen molar-refractivity contribution in [2.75, 3.05) is 0 Å². The molecule has 0 spiro atoms. The van der Waals surface area contributed by atoms with Gasteiger partial charge in [0.05, 0.1) is 39.5 Å². The van der Waals surface area contributed by atoms with Crippen molar-refractivity contribution >= 4 is 32.8 Å². The Balaban J connectivity index is 1.23. The van der Waals surface area contributed by atoms with Gasteiger partial charge in [-0.25, -0.2) is 4.98 Å². The zero-order valence-corrected chi connectivity index (χ0v) is 35.5. The van der Waals surface area contributed by atoms with E-state index >= 15 is 0 Å². The molecule has 7 aromatic carbocycles. The number of phenols is 1. The second-order valence-corrected chi connectivity index (χ2v) is 18.1. The predicted octanol–water partition coefficient (Wildman–Crippen LogP) is 14.5. The Morgan fingerprint density at radius 3 is 1.75 bits per heavy atom. The number of nitrogens with zero attached hydrogens (tertiary/aromatic N) is 4. The summed E-state index contributed by atoms with van der Waals surface area (Å²) < 4.78 is 4.50. The van der Waals surface area contributed by atoms with Crippen LogP contribution in [0.5, 0.6) is 5.75 Å². The Kier molecular flexibility index (Phi) is 9.03. The maximum absolute atomic E-state index is 12.2. The van der Waals surface area contributed by atoms with E-state index in [1.54, 1.807) is 0 Å². The van der Waals surface area contributed by atoms with E-state index in [-0.39, 0.29) is 16.6 Å². The second kappa shape index (κ2) is 14.5. The topological polar surface area (TPSA) is 55.9 Å². The van der Waals surface area contributed by atoms with E-state index in [2.05, 4.69) is 214 Å². The van der Waals surface area contributed by atoms with E-state index in [4.69, 9.17) is 9.97 Å². The van der Waals surface area contributed by atoms with Gasteiger partial charge in [0.1, 0.15) is 11.6 Å². The first kappa shape index (κ1) is 38.0. The number of rotatable bonds is 6. The third-order valence-corrected chi connectivity index (χ3v) is 11.9. The Morgan fingerprint density at radius 1 is 0.459 bits per heavy atom. The summed E-state index contributed by atoms with van der Waals surface area (Å²) in [6, 6.07) is 59.7. The highest BCUT2D eigenvalue weighted by molar-refractivity contribution is 6.10. The van der Waals surface area contributed by atoms with Crippen LogP contribution in [-0.4, -0.2) is 24.2 Å². The molecule has 0 bridgehead atoms. The maximum Gasteiger partial charge on any atom is 0.149 e. The first-order valence-corrected chi connectivity index (χ1v) is 21.1. The van der Waals surface area contributed by atoms with Crippen molar-refractivity contribution in [2.24, 2.45) is 0 Å². The van der Waals surface area contributed by atoms with E-state index in [1.807, 2.05) is 12.3 Å². The van der Waals surface area contributed by atoms with E-state index in [1.165, 1.54) is 5.39 Å². The van der Waals surface area contributed by atoms with E-state index in [0.717, 1.165) is 83.5 Å². The average molecular weight is 793 g/mol. The van der Waals surface area contributed by atoms with Gasteiger partial charge in [-0.1, -0.05) is 145 Å². The number of benzene rings is 7. The van der Waals surface area contributed by atoms with E-state index in [0.29, 0.717) is 11.4 Å². The molecule has 10 aromatic rings. The highest BCUT2D eigenvalue weighted by atomic mass is 16.3. The molecule has 1 N–H and O–H groups in total. The fourth-order valence-electron chi connectivity index (χ4n) is 8.77. The van der Waals surface area contributed by atoms with Gasteiger partial charge in [-0.05, 0) is 99.8 Å². The summed E-state index contributed by atoms with van der Waals surface area (Å²) >= 11 is 0. The fraction of sp³-hybridized carbons (Fsp3) is 0.143. The van der Waals surface area contributed by atoms with Crippen LogP contribution in [0.2, 0.25) is 0 Å². The lowest BCUT2D eigenvalue weighted by Crippen LogP contribution is -2.17. The van der Waals surface area contributed by atoms with Crippen LogP contribution in [0.1, 0.15) is 52.7 Å². The molecule has 0 aliphatic rings. The summed E-state index contributed by atoms with van der Waals surface area (Å²) in [7, 11) is 0. The number of imidazole rings is 1. The van der Waals surface area contributed by atoms with Crippen LogP contribution in [0.25, 0.3) is 89.1 Å². The minimum absolute atomic E-state index is 0.154. The highest BCUT2D eigenvalue weighted by Crippen LogP contribution is 2.45. The van der Waals surface area contributed by atoms with Gasteiger partial charge in [-0.3, -0.25) is 9.55 Å². The molecule has 0 amide bonds. The van der Waals surface area contributed by atoms with Crippen LogP contribution in [-0.2, 0) is 10.8 Å². The lowest BCUT2D eigenvalue weighted by molar-refractivity contribution is 0.446. The van der Waals surface area contributed by atoms with Gasteiger partial charge in [0.25, 0.3) is 0 Å². The molecular formula is C56H48N4O. The van der Waals surface area contributed by atoms with Crippen LogP contribution in [0.4, 0.5) is 0 Å². The van der Waals surface area contributed by atoms with Gasteiger partial charge in [0, 0.05) is 38.8 Å². The minimum Gasteiger partial charge on any atom is -0.507 e. The fourth-order valence-corrected chi connectivity index (χ4v) is 8.77. The van der Waals surface area contributed by atoms with Crippen LogP contribution in [0.15, 0.2) is 176 Å². The summed E-state index contributed by atoms with van der Waals surface area (Å²) in [4.78, 5) is 10.7. The van der Waals surface area contributed by atoms with Crippen LogP contribution in [0.3, 0.4) is 0 Å². The summed E-state index contributed by atoms with van der Waals surface area (Å²) in [5.74, 6) is 0.960. The summed E-state index contributed by atoms with van der Waals surface area (Å²) in [6.45, 7) is 13.1. The molecule has 10 rings (SSSR count). The monoisotopic (exact) mass is 792 g/mol. The lowest BCUT2D eigenvalue weighted by Gasteiger charge is -2.27. The zero-order valence-electron chi connectivity index (χ0n) is 35.5. The number of hydrogen-bond donors (Lipinski definition) is 1. The molecule has 0 fully saturated rings. The quantitative estimate of drug-likeness (QED) is 0.182. The molecule has 0 radical (unpaired) electrons. The predicted molar refractivity (Wildman–Crippen MR) is 254 cm³/mol. The van der Waals surface area contributed by atoms with Crippen LogP contribution < -0.4 is 0 Å². The van der Waals surface area contributed by atoms with Crippen molar-refractivity contribution in [2.45, 2.75) is 52.4 Å². The van der Waals surface area contributed by atoms with Gasteiger partial charge in [-0.15, -0.1) is 0 Å². The third-order valence-electron chi connectivity index (χ3n) is 11.9. The molecule has 0 aliphatic heterocycles. The first-order valence-electron chi connectivity index (χ1n) is 21.1. The zero-order chi connectivity index (χ0) is 42.0. The van der Waals surface area contributed by atoms with Gasteiger partial charge in [-0.2, -0.15) is 0 Å². The molecular weight excluding hydrogens is 745 g/mol. The lowest BCUT2D eigenvalue weighted by atomic mass is 9.79. The van der Waals surface area contributed by atoms with Crippen molar-refractivity contribution in [3.8, 4) is 62.0 Å². The SMILES string of the molecule is CC(C)(C)c1cc(-c2nc3c(-c4cc(-c5ccccc5)cc(-c5cc6c7ccccc7n(-c7ccccc7)c6cn5)c4)cccc3n2-c2ccccc2)c(O)c(C(C)(C)C)c1. The average Bonchev–Trinajstić information content (AvgIpc) is 3.82. The number of fused-ring (bicyclic) bond motifs is 4. The Bertz CT molecular complexity index is 3250. The normalized spacial score (nSPS) is 12.2. The molecule has 298 valence electrons. The van der Waals surface area contributed by atoms with Gasteiger partial charge >= 0.3 is 0 Å². The van der Waals surface area contributed by atoms with Gasteiger partial charge < -0.3 is 9.67 Å². The number of aromatic hydroxyl groups is 1. The van der Waals surface area contributed by atoms with Crippen molar-refractivity contribution in [3.05, 3.63) is 187 Å². The van der Waals surface area contributed by atoms with Gasteiger partial charge in [0.2, 0.25) is 0 Å². The third kappa shape index (κ3) is 6.67. The van der Waals surface area contributed by atoms with Crippen LogP contribution in [0, 0.1) is 0 Å². The number of para-hydroxylation sites is 4. The van der Waals surface area contributed by atoms with E-state index in [9.17, 15) is 5.11 Å². The smallest absolute Gasteiger partial charge is 0.149 e. The Morgan fingerprint density at radius 2 is 1.07 bits per heavy atom. The minimum atomic E-state index is -0.295. The van der Waals surface area contributed by atoms with Crippen molar-refractivity contribution in [3.63, 3.8) is 0 Å². The number of aromatic nitrogens is 4. The number of pyridine rings is 1. The van der Waals surface area contributed by atoms with Gasteiger partial charge in [0.15, 0.2) is 0 Å². The Hall–Kier alpha value is -7.24. The van der Waals surface area contributed by atoms with Crippen molar-refractivity contribution in [1.29, 1.82) is 0 Å². The summed E-state index contributed by atoms with van der Waals surface area (Å²) in [6.07, 6.45) is 2.02. The molecule has 0 unspecified atom stereocenters. The molecule has 3 aromatic heterocycles. The summed E-state index contributed by atoms with van der Waals surface area (Å²) in [5, 5.41) is 14.6. The van der Waals surface area contributed by atoms with Crippen molar-refractivity contribution < 1.29 is 5.11 Å². The first-order chi connectivity index (χ1) is 29.4. The van der Waals surface area contributed by atoms with Crippen molar-refractivity contribution in [1.82, 2.24) is 19.1 Å². The number of phenolic OH excluding ortho intramolecular Hbond substituents is 1. The molecule has 0 saturated carbocycles. The second-order valence-electron chi connectivity index (χ2n) is 18.1. The standard InChI is InChI=1S/C56H48N4O/c1-55(2,3)40-32-46(53(61)47(33-40)56(4,5)6)54-58-52-43(26-18-28-50(52)60(54)42-23-14-9-15-24-42)38-29-37(36-19-10-7-11-20-36)30-39(31-38)48-34-45-44-25-16-17-27-49(44)59(51(45)35-57-48)41-21-12-8-13-22-41/h7-35,61H,1-6H3. The molecule has 0 aliphatic carbocycles. The Labute approximate surface area is 357 Å². The summed E-state index contributed by atoms with van der Waals surface area (Å²) in [5.41, 5.74) is 14.5. The largest absolute Gasteiger partial charge is 0.507 e. The maximum atomic E-state index is 12.2. The number of hydrogen-bond acceptors (Lipinski definition) is 3. The molecule has 5 heteroatoms. The molecule has 0 saturated heterocycles. The highest BCUT2D eigenvalue weighted by Gasteiger charge is 2.29. The molecule has 0 atom stereocenters. The van der Waals surface area contributed by atoms with Crippen LogP contribution >= 0.6 is 0 Å².